The highest BCUT2D eigenvalue weighted by molar-refractivity contribution is 5.89. The minimum absolute atomic E-state index is 0.126. The van der Waals surface area contributed by atoms with Gasteiger partial charge in [-0.3, -0.25) is 0 Å². The van der Waals surface area contributed by atoms with Crippen LogP contribution in [-0.2, 0) is 0 Å². The molecular weight excluding hydrogens is 268 g/mol. The number of carbonyl (C=O) groups excluding carboxylic acids is 1. The van der Waals surface area contributed by atoms with Crippen molar-refractivity contribution in [2.45, 2.75) is 32.0 Å². The molecule has 1 aliphatic heterocycles. The molecule has 21 heavy (non-hydrogen) atoms. The monoisotopic (exact) mass is 290 g/mol. The molecular formula is C16H22N2O3. The van der Waals surface area contributed by atoms with E-state index >= 15 is 0 Å². The van der Waals surface area contributed by atoms with Crippen molar-refractivity contribution < 1.29 is 15.0 Å². The fourth-order valence-corrected chi connectivity index (χ4v) is 3.48. The number of anilines is 1. The highest BCUT2D eigenvalue weighted by Gasteiger charge is 2.43. The molecule has 1 heterocycles. The van der Waals surface area contributed by atoms with Gasteiger partial charge in [0.1, 0.15) is 0 Å². The molecule has 5 nitrogen and oxygen atoms in total. The second-order valence-electron chi connectivity index (χ2n) is 6.21. The molecule has 114 valence electrons. The summed E-state index contributed by atoms with van der Waals surface area (Å²) in [5, 5.41) is 22.4. The van der Waals surface area contributed by atoms with Crippen LogP contribution in [0.25, 0.3) is 0 Å². The van der Waals surface area contributed by atoms with Crippen molar-refractivity contribution in [2.75, 3.05) is 18.4 Å². The maximum atomic E-state index is 12.3. The lowest BCUT2D eigenvalue weighted by Crippen LogP contribution is -2.34. The molecule has 2 fully saturated rings. The largest absolute Gasteiger partial charge is 0.393 e. The molecule has 3 rings (SSSR count). The van der Waals surface area contributed by atoms with Crippen molar-refractivity contribution in [1.29, 1.82) is 0 Å². The summed E-state index contributed by atoms with van der Waals surface area (Å²) in [6.07, 6.45) is 1.06. The van der Waals surface area contributed by atoms with Crippen LogP contribution >= 0.6 is 0 Å². The first-order chi connectivity index (χ1) is 10.0. The Hall–Kier alpha value is -1.59. The summed E-state index contributed by atoms with van der Waals surface area (Å²) >= 11 is 0. The lowest BCUT2D eigenvalue weighted by Gasteiger charge is -2.19. The van der Waals surface area contributed by atoms with Gasteiger partial charge in [-0.05, 0) is 43.4 Å². The summed E-state index contributed by atoms with van der Waals surface area (Å²) in [5.74, 6) is 0.675. The molecule has 0 bridgehead atoms. The van der Waals surface area contributed by atoms with E-state index in [1.54, 1.807) is 17.9 Å². The summed E-state index contributed by atoms with van der Waals surface area (Å²) in [7, 11) is 0. The van der Waals surface area contributed by atoms with Crippen molar-refractivity contribution in [2.24, 2.45) is 11.8 Å². The van der Waals surface area contributed by atoms with Crippen molar-refractivity contribution in [3.05, 3.63) is 29.8 Å². The summed E-state index contributed by atoms with van der Waals surface area (Å²) in [5.41, 5.74) is 1.47. The Balaban J connectivity index is 1.63. The number of aliphatic hydroxyl groups is 2. The third kappa shape index (κ3) is 2.89. The van der Waals surface area contributed by atoms with Gasteiger partial charge in [-0.15, -0.1) is 0 Å². The Morgan fingerprint density at radius 1 is 1.38 bits per heavy atom. The van der Waals surface area contributed by atoms with Crippen molar-refractivity contribution in [3.8, 4) is 0 Å². The van der Waals surface area contributed by atoms with Crippen LogP contribution in [0.4, 0.5) is 10.5 Å². The standard InChI is InChI=1S/C16H22N2O3/c1-10(19)11-3-2-4-13(7-11)17-16(21)18-8-12-5-6-15(20)14(12)9-18/h2-4,7,10,12,14-15,19-20H,5-6,8-9H2,1H3,(H,17,21). The summed E-state index contributed by atoms with van der Waals surface area (Å²) in [6, 6.07) is 7.13. The molecule has 0 spiro atoms. The maximum Gasteiger partial charge on any atom is 0.321 e. The second-order valence-corrected chi connectivity index (χ2v) is 6.21. The highest BCUT2D eigenvalue weighted by atomic mass is 16.3. The third-order valence-electron chi connectivity index (χ3n) is 4.73. The molecule has 3 N–H and O–H groups in total. The topological polar surface area (TPSA) is 72.8 Å². The van der Waals surface area contributed by atoms with E-state index < -0.39 is 6.10 Å². The van der Waals surface area contributed by atoms with Gasteiger partial charge in [0, 0.05) is 24.7 Å². The van der Waals surface area contributed by atoms with E-state index in [4.69, 9.17) is 0 Å². The first-order valence-electron chi connectivity index (χ1n) is 7.56. The Kier molecular flexibility index (Phi) is 3.87. The van der Waals surface area contributed by atoms with Gasteiger partial charge in [0.25, 0.3) is 0 Å². The van der Waals surface area contributed by atoms with Crippen LogP contribution in [0.2, 0.25) is 0 Å². The number of benzene rings is 1. The van der Waals surface area contributed by atoms with Crippen molar-refractivity contribution in [1.82, 2.24) is 4.90 Å². The first-order valence-corrected chi connectivity index (χ1v) is 7.56. The quantitative estimate of drug-likeness (QED) is 0.780. The molecule has 0 aromatic heterocycles. The van der Waals surface area contributed by atoms with Crippen LogP contribution in [0.1, 0.15) is 31.4 Å². The summed E-state index contributed by atoms with van der Waals surface area (Å²) < 4.78 is 0. The lowest BCUT2D eigenvalue weighted by atomic mass is 10.00. The molecule has 1 saturated carbocycles. The van der Waals surface area contributed by atoms with Crippen LogP contribution < -0.4 is 5.32 Å². The van der Waals surface area contributed by atoms with E-state index in [0.29, 0.717) is 18.2 Å². The highest BCUT2D eigenvalue weighted by Crippen LogP contribution is 2.38. The van der Waals surface area contributed by atoms with Crippen molar-refractivity contribution >= 4 is 11.7 Å². The van der Waals surface area contributed by atoms with E-state index in [1.165, 1.54) is 0 Å². The summed E-state index contributed by atoms with van der Waals surface area (Å²) in [6.45, 7) is 3.06. The first kappa shape index (κ1) is 14.4. The SMILES string of the molecule is CC(O)c1cccc(NC(=O)N2CC3CCC(O)C3C2)c1. The van der Waals surface area contributed by atoms with E-state index in [0.717, 1.165) is 24.9 Å². The van der Waals surface area contributed by atoms with Gasteiger partial charge in [0.2, 0.25) is 0 Å². The second kappa shape index (κ2) is 5.66. The number of carbonyl (C=O) groups is 1. The normalized spacial score (nSPS) is 29.3. The van der Waals surface area contributed by atoms with Crippen LogP contribution in [0.3, 0.4) is 0 Å². The molecule has 4 atom stereocenters. The molecule has 2 aliphatic rings. The molecule has 0 radical (unpaired) electrons. The fraction of sp³-hybridized carbons (Fsp3) is 0.562. The smallest absolute Gasteiger partial charge is 0.321 e. The number of nitrogens with zero attached hydrogens (tertiary/aromatic N) is 1. The Labute approximate surface area is 124 Å². The predicted molar refractivity (Wildman–Crippen MR) is 79.9 cm³/mol. The molecule has 1 aliphatic carbocycles. The van der Waals surface area contributed by atoms with E-state index in [2.05, 4.69) is 5.32 Å². The Bertz CT molecular complexity index is 532. The number of nitrogens with one attached hydrogen (secondary N) is 1. The molecule has 1 saturated heterocycles. The minimum Gasteiger partial charge on any atom is -0.393 e. The fourth-order valence-electron chi connectivity index (χ4n) is 3.48. The zero-order valence-corrected chi connectivity index (χ0v) is 12.2. The van der Waals surface area contributed by atoms with Crippen molar-refractivity contribution in [3.63, 3.8) is 0 Å². The van der Waals surface area contributed by atoms with Gasteiger partial charge < -0.3 is 20.4 Å². The zero-order chi connectivity index (χ0) is 15.0. The average Bonchev–Trinajstić information content (AvgIpc) is 3.02. The summed E-state index contributed by atoms with van der Waals surface area (Å²) in [4.78, 5) is 14.1. The van der Waals surface area contributed by atoms with Gasteiger partial charge in [-0.2, -0.15) is 0 Å². The van der Waals surface area contributed by atoms with Crippen LogP contribution in [0.5, 0.6) is 0 Å². The Morgan fingerprint density at radius 3 is 2.90 bits per heavy atom. The number of aliphatic hydroxyl groups excluding tert-OH is 2. The number of amides is 2. The van der Waals surface area contributed by atoms with E-state index in [-0.39, 0.29) is 18.1 Å². The van der Waals surface area contributed by atoms with Crippen LogP contribution in [0, 0.1) is 11.8 Å². The zero-order valence-electron chi connectivity index (χ0n) is 12.2. The lowest BCUT2D eigenvalue weighted by molar-refractivity contribution is 0.127. The molecule has 5 heteroatoms. The average molecular weight is 290 g/mol. The number of likely N-dealkylation sites (tertiary alicyclic amines) is 1. The number of hydrogen-bond donors (Lipinski definition) is 3. The molecule has 4 unspecified atom stereocenters. The number of urea groups is 1. The van der Waals surface area contributed by atoms with Crippen LogP contribution in [0.15, 0.2) is 24.3 Å². The van der Waals surface area contributed by atoms with Crippen LogP contribution in [-0.4, -0.2) is 40.3 Å². The van der Waals surface area contributed by atoms with Gasteiger partial charge in [-0.1, -0.05) is 12.1 Å². The minimum atomic E-state index is -0.553. The molecule has 1 aromatic carbocycles. The number of rotatable bonds is 2. The van der Waals surface area contributed by atoms with Gasteiger partial charge >= 0.3 is 6.03 Å². The maximum absolute atomic E-state index is 12.3. The molecule has 1 aromatic rings. The number of hydrogen-bond acceptors (Lipinski definition) is 3. The van der Waals surface area contributed by atoms with Gasteiger partial charge in [0.15, 0.2) is 0 Å². The van der Waals surface area contributed by atoms with Gasteiger partial charge in [-0.25, -0.2) is 4.79 Å². The Morgan fingerprint density at radius 2 is 2.19 bits per heavy atom. The number of fused-ring (bicyclic) bond motifs is 1. The van der Waals surface area contributed by atoms with E-state index in [9.17, 15) is 15.0 Å². The van der Waals surface area contributed by atoms with Gasteiger partial charge in [0.05, 0.1) is 12.2 Å². The van der Waals surface area contributed by atoms with E-state index in [1.807, 2.05) is 18.2 Å². The molecule has 2 amide bonds. The predicted octanol–water partition coefficient (Wildman–Crippen LogP) is 1.97. The third-order valence-corrected chi connectivity index (χ3v) is 4.73.